The number of nitrogens with two attached hydrogens (primary N) is 1. The van der Waals surface area contributed by atoms with Gasteiger partial charge in [-0.3, -0.25) is 0 Å². The van der Waals surface area contributed by atoms with E-state index in [-0.39, 0.29) is 17.5 Å². The molecule has 0 amide bonds. The number of sulfonamides is 1. The highest BCUT2D eigenvalue weighted by atomic mass is 32.2. The molecule has 5 heteroatoms. The van der Waals surface area contributed by atoms with E-state index < -0.39 is 10.0 Å². The third kappa shape index (κ3) is 4.39. The highest BCUT2D eigenvalue weighted by Crippen LogP contribution is 2.11. The van der Waals surface area contributed by atoms with Crippen LogP contribution in [0.2, 0.25) is 0 Å². The van der Waals surface area contributed by atoms with E-state index in [2.05, 4.69) is 4.72 Å². The maximum Gasteiger partial charge on any atom is 0.240 e. The molecule has 2 aromatic carbocycles. The fourth-order valence-electron chi connectivity index (χ4n) is 2.08. The Morgan fingerprint density at radius 3 is 2.24 bits per heavy atom. The molecule has 21 heavy (non-hydrogen) atoms. The first-order valence-electron chi connectivity index (χ1n) is 6.84. The van der Waals surface area contributed by atoms with E-state index in [9.17, 15) is 8.42 Å². The Labute approximate surface area is 126 Å². The van der Waals surface area contributed by atoms with Gasteiger partial charge in [0.25, 0.3) is 0 Å². The van der Waals surface area contributed by atoms with Gasteiger partial charge in [0.1, 0.15) is 0 Å². The zero-order chi connectivity index (χ0) is 15.3. The number of hydrogen-bond donors (Lipinski definition) is 2. The molecule has 0 aliphatic carbocycles. The molecule has 1 atom stereocenters. The normalized spacial score (nSPS) is 13.0. The molecule has 0 aromatic heterocycles. The van der Waals surface area contributed by atoms with Crippen LogP contribution in [-0.2, 0) is 16.4 Å². The summed E-state index contributed by atoms with van der Waals surface area (Å²) in [5, 5.41) is 0. The van der Waals surface area contributed by atoms with Crippen LogP contribution in [0.5, 0.6) is 0 Å². The Balaban J connectivity index is 2.12. The van der Waals surface area contributed by atoms with E-state index in [1.54, 1.807) is 24.3 Å². The third-order valence-electron chi connectivity index (χ3n) is 3.26. The van der Waals surface area contributed by atoms with Crippen LogP contribution >= 0.6 is 0 Å². The van der Waals surface area contributed by atoms with Gasteiger partial charge in [0.2, 0.25) is 10.0 Å². The molecule has 1 unspecified atom stereocenters. The topological polar surface area (TPSA) is 72.2 Å². The molecule has 0 spiro atoms. The second-order valence-corrected chi connectivity index (χ2v) is 6.77. The van der Waals surface area contributed by atoms with Crippen LogP contribution in [0.4, 0.5) is 0 Å². The molecular formula is C16H20N2O2S. The smallest absolute Gasteiger partial charge is 0.240 e. The van der Waals surface area contributed by atoms with Crippen LogP contribution in [-0.4, -0.2) is 21.0 Å². The summed E-state index contributed by atoms with van der Waals surface area (Å²) in [5.74, 6) is 0. The van der Waals surface area contributed by atoms with Gasteiger partial charge in [-0.05, 0) is 31.0 Å². The highest BCUT2D eigenvalue weighted by molar-refractivity contribution is 7.89. The van der Waals surface area contributed by atoms with Crippen LogP contribution < -0.4 is 10.5 Å². The Morgan fingerprint density at radius 1 is 1.05 bits per heavy atom. The molecule has 0 aliphatic heterocycles. The maximum atomic E-state index is 12.3. The van der Waals surface area contributed by atoms with E-state index >= 15 is 0 Å². The van der Waals surface area contributed by atoms with E-state index in [0.717, 1.165) is 11.1 Å². The van der Waals surface area contributed by atoms with Gasteiger partial charge < -0.3 is 5.73 Å². The van der Waals surface area contributed by atoms with Crippen LogP contribution in [0, 0.1) is 6.92 Å². The molecule has 0 saturated carbocycles. The summed E-state index contributed by atoms with van der Waals surface area (Å²) in [6, 6.07) is 16.2. The van der Waals surface area contributed by atoms with Crippen LogP contribution in [0.3, 0.4) is 0 Å². The summed E-state index contributed by atoms with van der Waals surface area (Å²) in [6.45, 7) is 2.17. The zero-order valence-electron chi connectivity index (χ0n) is 12.0. The number of aryl methyl sites for hydroxylation is 1. The summed E-state index contributed by atoms with van der Waals surface area (Å²) >= 11 is 0. The summed E-state index contributed by atoms with van der Waals surface area (Å²) < 4.78 is 27.3. The zero-order valence-corrected chi connectivity index (χ0v) is 12.8. The number of benzene rings is 2. The Hall–Kier alpha value is -1.69. The molecule has 0 aliphatic rings. The molecule has 0 fully saturated rings. The monoisotopic (exact) mass is 304 g/mol. The molecule has 112 valence electrons. The van der Waals surface area contributed by atoms with Crippen molar-refractivity contribution in [1.29, 1.82) is 0 Å². The lowest BCUT2D eigenvalue weighted by Crippen LogP contribution is -2.41. The summed E-state index contributed by atoms with van der Waals surface area (Å²) in [6.07, 6.45) is 0.572. The molecule has 4 nitrogen and oxygen atoms in total. The van der Waals surface area contributed by atoms with E-state index in [4.69, 9.17) is 5.73 Å². The van der Waals surface area contributed by atoms with Gasteiger partial charge in [0.15, 0.2) is 0 Å². The number of rotatable bonds is 6. The van der Waals surface area contributed by atoms with Crippen LogP contribution in [0.25, 0.3) is 0 Å². The summed E-state index contributed by atoms with van der Waals surface area (Å²) in [7, 11) is -3.54. The largest absolute Gasteiger partial charge is 0.329 e. The lowest BCUT2D eigenvalue weighted by Gasteiger charge is -2.17. The van der Waals surface area contributed by atoms with Crippen molar-refractivity contribution in [1.82, 2.24) is 4.72 Å². The average Bonchev–Trinajstić information content (AvgIpc) is 2.48. The molecular weight excluding hydrogens is 284 g/mol. The first-order valence-corrected chi connectivity index (χ1v) is 8.32. The van der Waals surface area contributed by atoms with Crippen molar-refractivity contribution in [2.45, 2.75) is 24.3 Å². The third-order valence-corrected chi connectivity index (χ3v) is 4.80. The fourth-order valence-corrected chi connectivity index (χ4v) is 3.33. The van der Waals surface area contributed by atoms with Crippen molar-refractivity contribution in [3.05, 3.63) is 65.7 Å². The van der Waals surface area contributed by atoms with Crippen molar-refractivity contribution in [3.8, 4) is 0 Å². The molecule has 0 bridgehead atoms. The van der Waals surface area contributed by atoms with Crippen LogP contribution in [0.15, 0.2) is 59.5 Å². The van der Waals surface area contributed by atoms with Gasteiger partial charge in [-0.25, -0.2) is 13.1 Å². The predicted molar refractivity (Wildman–Crippen MR) is 84.5 cm³/mol. The van der Waals surface area contributed by atoms with Crippen molar-refractivity contribution in [2.24, 2.45) is 5.73 Å². The van der Waals surface area contributed by atoms with Crippen molar-refractivity contribution in [2.75, 3.05) is 6.54 Å². The van der Waals surface area contributed by atoms with Crippen LogP contribution in [0.1, 0.15) is 11.1 Å². The Morgan fingerprint density at radius 2 is 1.67 bits per heavy atom. The lowest BCUT2D eigenvalue weighted by atomic mass is 10.1. The van der Waals surface area contributed by atoms with Crippen molar-refractivity contribution in [3.63, 3.8) is 0 Å². The average molecular weight is 304 g/mol. The van der Waals surface area contributed by atoms with E-state index in [0.29, 0.717) is 6.42 Å². The highest BCUT2D eigenvalue weighted by Gasteiger charge is 2.19. The Bertz CT molecular complexity index is 667. The minimum Gasteiger partial charge on any atom is -0.329 e. The van der Waals surface area contributed by atoms with Crippen molar-refractivity contribution < 1.29 is 8.42 Å². The number of hydrogen-bond acceptors (Lipinski definition) is 3. The van der Waals surface area contributed by atoms with Gasteiger partial charge in [-0.2, -0.15) is 0 Å². The minimum atomic E-state index is -3.54. The van der Waals surface area contributed by atoms with E-state index in [1.165, 1.54) is 0 Å². The van der Waals surface area contributed by atoms with Crippen molar-refractivity contribution >= 4 is 10.0 Å². The molecule has 0 saturated heterocycles. The Kier molecular flexibility index (Phi) is 5.12. The fraction of sp³-hybridized carbons (Fsp3) is 0.250. The molecule has 3 N–H and O–H groups in total. The van der Waals surface area contributed by atoms with Gasteiger partial charge in [0.05, 0.1) is 4.90 Å². The maximum absolute atomic E-state index is 12.3. The van der Waals surface area contributed by atoms with Gasteiger partial charge in [-0.1, -0.05) is 48.0 Å². The SMILES string of the molecule is Cc1ccc(S(=O)(=O)NC(CN)Cc2ccccc2)cc1. The standard InChI is InChI=1S/C16H20N2O2S/c1-13-7-9-16(10-8-13)21(19,20)18-15(12-17)11-14-5-3-2-4-6-14/h2-10,15,18H,11-12,17H2,1H3. The predicted octanol–water partition coefficient (Wildman–Crippen LogP) is 1.84. The molecule has 2 aromatic rings. The molecule has 0 heterocycles. The minimum absolute atomic E-state index is 0.250. The molecule has 2 rings (SSSR count). The summed E-state index contributed by atoms with van der Waals surface area (Å²) in [4.78, 5) is 0.264. The summed E-state index contributed by atoms with van der Waals surface area (Å²) in [5.41, 5.74) is 7.78. The second-order valence-electron chi connectivity index (χ2n) is 5.06. The van der Waals surface area contributed by atoms with Gasteiger partial charge in [-0.15, -0.1) is 0 Å². The number of nitrogens with one attached hydrogen (secondary N) is 1. The van der Waals surface area contributed by atoms with E-state index in [1.807, 2.05) is 37.3 Å². The lowest BCUT2D eigenvalue weighted by molar-refractivity contribution is 0.548. The quantitative estimate of drug-likeness (QED) is 0.855. The first-order chi connectivity index (χ1) is 10.0. The van der Waals surface area contributed by atoms with Gasteiger partial charge >= 0.3 is 0 Å². The molecule has 0 radical (unpaired) electrons. The first kappa shape index (κ1) is 15.7. The van der Waals surface area contributed by atoms with Gasteiger partial charge in [0, 0.05) is 12.6 Å². The second kappa shape index (κ2) is 6.85.